The highest BCUT2D eigenvalue weighted by atomic mass is 16.4. The van der Waals surface area contributed by atoms with Crippen molar-refractivity contribution in [3.63, 3.8) is 0 Å². The largest absolute Gasteiger partial charge is 0.481 e. The van der Waals surface area contributed by atoms with Gasteiger partial charge in [-0.15, -0.1) is 0 Å². The molecule has 2 heterocycles. The number of aliphatic hydroxyl groups excluding tert-OH is 1. The maximum atomic E-state index is 13.0. The number of aliphatic carboxylic acids is 1. The second-order valence-electron chi connectivity index (χ2n) is 8.75. The first-order valence-electron chi connectivity index (χ1n) is 10.4. The minimum Gasteiger partial charge on any atom is -0.481 e. The molecule has 1 saturated carbocycles. The molecule has 0 unspecified atom stereocenters. The van der Waals surface area contributed by atoms with Crippen LogP contribution in [-0.2, 0) is 9.59 Å². The zero-order valence-corrected chi connectivity index (χ0v) is 16.8. The van der Waals surface area contributed by atoms with E-state index in [1.165, 1.54) is 0 Å². The predicted molar refractivity (Wildman–Crippen MR) is 110 cm³/mol. The van der Waals surface area contributed by atoms with E-state index < -0.39 is 23.4 Å². The van der Waals surface area contributed by atoms with E-state index in [0.717, 1.165) is 36.6 Å². The molecule has 0 spiro atoms. The number of rotatable bonds is 6. The van der Waals surface area contributed by atoms with Crippen molar-refractivity contribution < 1.29 is 24.6 Å². The Morgan fingerprint density at radius 2 is 1.83 bits per heavy atom. The van der Waals surface area contributed by atoms with Crippen LogP contribution in [0.25, 0.3) is 10.9 Å². The van der Waals surface area contributed by atoms with Crippen LogP contribution in [0, 0.1) is 5.41 Å². The normalized spacial score (nSPS) is 23.2. The number of nitrogens with two attached hydrogens (primary N) is 1. The lowest BCUT2D eigenvalue weighted by atomic mass is 9.79. The van der Waals surface area contributed by atoms with E-state index in [1.54, 1.807) is 23.1 Å². The topological polar surface area (TPSA) is 126 Å². The summed E-state index contributed by atoms with van der Waals surface area (Å²) in [6.45, 7) is 0.593. The summed E-state index contributed by atoms with van der Waals surface area (Å²) < 4.78 is 1.93. The Hall–Kier alpha value is -2.87. The molecule has 4 rings (SSSR count). The SMILES string of the molecule is NC(=O)c1ccc2c(ccn2[C@@H]2CN(C(=O)CC3(CC(=O)O)CCCC3)C[C@H]2O)c1. The fourth-order valence-electron chi connectivity index (χ4n) is 5.15. The molecule has 1 aliphatic heterocycles. The average molecular weight is 413 g/mol. The first-order valence-corrected chi connectivity index (χ1v) is 10.4. The Morgan fingerprint density at radius 1 is 1.10 bits per heavy atom. The number of aliphatic hydroxyl groups is 1. The molecular formula is C22H27N3O5. The quantitative estimate of drug-likeness (QED) is 0.667. The van der Waals surface area contributed by atoms with Crippen molar-refractivity contribution in [1.29, 1.82) is 0 Å². The molecular weight excluding hydrogens is 386 g/mol. The number of carbonyl (C=O) groups excluding carboxylic acids is 2. The molecule has 1 aromatic carbocycles. The molecule has 30 heavy (non-hydrogen) atoms. The lowest BCUT2D eigenvalue weighted by Crippen LogP contribution is -2.35. The maximum absolute atomic E-state index is 13.0. The summed E-state index contributed by atoms with van der Waals surface area (Å²) in [5.41, 5.74) is 6.17. The Kier molecular flexibility index (Phi) is 5.27. The zero-order valence-electron chi connectivity index (χ0n) is 16.8. The van der Waals surface area contributed by atoms with Gasteiger partial charge in [-0.05, 0) is 42.5 Å². The minimum absolute atomic E-state index is 0.0169. The van der Waals surface area contributed by atoms with Gasteiger partial charge in [-0.25, -0.2) is 0 Å². The fourth-order valence-corrected chi connectivity index (χ4v) is 5.15. The zero-order chi connectivity index (χ0) is 21.5. The lowest BCUT2D eigenvalue weighted by molar-refractivity contribution is -0.141. The molecule has 1 aromatic heterocycles. The van der Waals surface area contributed by atoms with E-state index in [0.29, 0.717) is 12.1 Å². The van der Waals surface area contributed by atoms with Gasteiger partial charge in [0.15, 0.2) is 0 Å². The summed E-state index contributed by atoms with van der Waals surface area (Å²) in [4.78, 5) is 37.4. The highest BCUT2D eigenvalue weighted by Gasteiger charge is 2.42. The molecule has 2 aromatic rings. The van der Waals surface area contributed by atoms with Gasteiger partial charge >= 0.3 is 5.97 Å². The van der Waals surface area contributed by atoms with E-state index in [2.05, 4.69) is 0 Å². The Bertz CT molecular complexity index is 992. The molecule has 1 saturated heterocycles. The first kappa shape index (κ1) is 20.4. The fraction of sp³-hybridized carbons (Fsp3) is 0.500. The van der Waals surface area contributed by atoms with Gasteiger partial charge in [-0.1, -0.05) is 12.8 Å². The molecule has 2 amide bonds. The van der Waals surface area contributed by atoms with E-state index in [4.69, 9.17) is 5.73 Å². The van der Waals surface area contributed by atoms with Crippen LogP contribution >= 0.6 is 0 Å². The highest BCUT2D eigenvalue weighted by Crippen LogP contribution is 2.44. The lowest BCUT2D eigenvalue weighted by Gasteiger charge is -2.29. The van der Waals surface area contributed by atoms with Gasteiger partial charge in [0.1, 0.15) is 0 Å². The molecule has 8 nitrogen and oxygen atoms in total. The van der Waals surface area contributed by atoms with Crippen molar-refractivity contribution in [2.24, 2.45) is 11.1 Å². The summed E-state index contributed by atoms with van der Waals surface area (Å²) in [6.07, 6.45) is 4.78. The molecule has 0 bridgehead atoms. The first-order chi connectivity index (χ1) is 14.3. The smallest absolute Gasteiger partial charge is 0.303 e. The third kappa shape index (κ3) is 3.79. The summed E-state index contributed by atoms with van der Waals surface area (Å²) in [5, 5.41) is 20.8. The van der Waals surface area contributed by atoms with Crippen LogP contribution in [0.3, 0.4) is 0 Å². The Balaban J connectivity index is 1.51. The number of amides is 2. The number of fused-ring (bicyclic) bond motifs is 1. The van der Waals surface area contributed by atoms with E-state index in [-0.39, 0.29) is 31.3 Å². The number of primary amides is 1. The third-order valence-corrected chi connectivity index (χ3v) is 6.69. The number of carboxylic acid groups (broad SMARTS) is 1. The maximum Gasteiger partial charge on any atom is 0.303 e. The van der Waals surface area contributed by atoms with Crippen LogP contribution < -0.4 is 5.73 Å². The third-order valence-electron chi connectivity index (χ3n) is 6.69. The molecule has 4 N–H and O–H groups in total. The molecule has 2 fully saturated rings. The summed E-state index contributed by atoms with van der Waals surface area (Å²) in [7, 11) is 0. The van der Waals surface area contributed by atoms with Crippen LogP contribution in [0.2, 0.25) is 0 Å². The van der Waals surface area contributed by atoms with Crippen molar-refractivity contribution in [1.82, 2.24) is 9.47 Å². The number of carbonyl (C=O) groups is 3. The highest BCUT2D eigenvalue weighted by molar-refractivity contribution is 5.97. The van der Waals surface area contributed by atoms with Gasteiger partial charge < -0.3 is 25.4 Å². The molecule has 8 heteroatoms. The molecule has 2 atom stereocenters. The molecule has 160 valence electrons. The summed E-state index contributed by atoms with van der Waals surface area (Å²) in [5.74, 6) is -1.45. The van der Waals surface area contributed by atoms with Crippen molar-refractivity contribution in [3.8, 4) is 0 Å². The van der Waals surface area contributed by atoms with Crippen molar-refractivity contribution in [2.75, 3.05) is 13.1 Å². The second kappa shape index (κ2) is 7.75. The average Bonchev–Trinajstić information content (AvgIpc) is 3.39. The van der Waals surface area contributed by atoms with Crippen molar-refractivity contribution in [2.45, 2.75) is 50.7 Å². The van der Waals surface area contributed by atoms with E-state index in [1.807, 2.05) is 16.8 Å². The Labute approximate surface area is 174 Å². The van der Waals surface area contributed by atoms with Gasteiger partial charge in [0.2, 0.25) is 11.8 Å². The van der Waals surface area contributed by atoms with Crippen molar-refractivity contribution in [3.05, 3.63) is 36.0 Å². The van der Waals surface area contributed by atoms with Crippen LogP contribution in [0.1, 0.15) is 54.9 Å². The molecule has 1 aliphatic carbocycles. The van der Waals surface area contributed by atoms with Crippen LogP contribution in [-0.4, -0.2) is 56.7 Å². The van der Waals surface area contributed by atoms with Gasteiger partial charge in [0.05, 0.1) is 18.6 Å². The van der Waals surface area contributed by atoms with Crippen LogP contribution in [0.5, 0.6) is 0 Å². The van der Waals surface area contributed by atoms with E-state index in [9.17, 15) is 24.6 Å². The minimum atomic E-state index is -0.863. The summed E-state index contributed by atoms with van der Waals surface area (Å²) in [6, 6.07) is 6.73. The number of benzene rings is 1. The molecule has 2 aliphatic rings. The number of β-amino-alcohol motifs (C(OH)–C–C–N with tert-alkyl or cyclic N) is 1. The predicted octanol–water partition coefficient (Wildman–Crippen LogP) is 1.91. The van der Waals surface area contributed by atoms with Crippen LogP contribution in [0.4, 0.5) is 0 Å². The van der Waals surface area contributed by atoms with Gasteiger partial charge in [0.25, 0.3) is 0 Å². The number of carboxylic acids is 1. The number of nitrogens with zero attached hydrogens (tertiary/aromatic N) is 2. The standard InChI is InChI=1S/C22H27N3O5/c23-21(30)15-3-4-16-14(9-15)5-8-25(16)17-12-24(13-18(17)26)19(27)10-22(11-20(28)29)6-1-2-7-22/h3-5,8-9,17-18,26H,1-2,6-7,10-13H2,(H2,23,30)(H,28,29)/t17-,18-/m1/s1. The number of hydrogen-bond donors (Lipinski definition) is 3. The second-order valence-corrected chi connectivity index (χ2v) is 8.75. The van der Waals surface area contributed by atoms with Gasteiger partial charge in [0, 0.05) is 42.2 Å². The van der Waals surface area contributed by atoms with E-state index >= 15 is 0 Å². The Morgan fingerprint density at radius 3 is 2.50 bits per heavy atom. The van der Waals surface area contributed by atoms with Gasteiger partial charge in [-0.2, -0.15) is 0 Å². The molecule has 0 radical (unpaired) electrons. The number of likely N-dealkylation sites (tertiary alicyclic amines) is 1. The van der Waals surface area contributed by atoms with Crippen LogP contribution in [0.15, 0.2) is 30.5 Å². The van der Waals surface area contributed by atoms with Gasteiger partial charge in [-0.3, -0.25) is 14.4 Å². The number of hydrogen-bond acceptors (Lipinski definition) is 4. The monoisotopic (exact) mass is 413 g/mol. The summed E-state index contributed by atoms with van der Waals surface area (Å²) >= 11 is 0. The van der Waals surface area contributed by atoms with Crippen molar-refractivity contribution >= 4 is 28.7 Å². The number of aromatic nitrogens is 1.